The lowest BCUT2D eigenvalue weighted by Crippen LogP contribution is -2.54. The third-order valence-electron chi connectivity index (χ3n) is 4.09. The van der Waals surface area contributed by atoms with Crippen LogP contribution in [0.2, 0.25) is 0 Å². The molecule has 0 unspecified atom stereocenters. The van der Waals surface area contributed by atoms with Gasteiger partial charge in [-0.3, -0.25) is 9.69 Å². The van der Waals surface area contributed by atoms with E-state index in [0.29, 0.717) is 12.6 Å². The zero-order chi connectivity index (χ0) is 12.4. The van der Waals surface area contributed by atoms with Crippen molar-refractivity contribution in [1.82, 2.24) is 10.2 Å². The van der Waals surface area contributed by atoms with Gasteiger partial charge in [-0.25, -0.2) is 0 Å². The predicted octanol–water partition coefficient (Wildman–Crippen LogP) is 1.03. The first-order valence-corrected chi connectivity index (χ1v) is 6.73. The molecule has 17 heavy (non-hydrogen) atoms. The Morgan fingerprint density at radius 2 is 1.82 bits per heavy atom. The van der Waals surface area contributed by atoms with Crippen LogP contribution in [-0.2, 0) is 4.79 Å². The number of carboxylic acids is 1. The first kappa shape index (κ1) is 12.8. The molecule has 2 N–H and O–H groups in total. The van der Waals surface area contributed by atoms with Crippen molar-refractivity contribution in [1.29, 1.82) is 0 Å². The fourth-order valence-electron chi connectivity index (χ4n) is 3.39. The number of aliphatic carboxylic acids is 1. The number of carbonyl (C=O) groups is 1. The van der Waals surface area contributed by atoms with Gasteiger partial charge in [0.1, 0.15) is 0 Å². The number of hydrogen-bond acceptors (Lipinski definition) is 3. The summed E-state index contributed by atoms with van der Waals surface area (Å²) >= 11 is 0. The minimum Gasteiger partial charge on any atom is -0.481 e. The van der Waals surface area contributed by atoms with Gasteiger partial charge >= 0.3 is 5.97 Å². The van der Waals surface area contributed by atoms with Crippen LogP contribution >= 0.6 is 0 Å². The fourth-order valence-corrected chi connectivity index (χ4v) is 3.39. The average molecular weight is 240 g/mol. The summed E-state index contributed by atoms with van der Waals surface area (Å²) in [4.78, 5) is 13.6. The van der Waals surface area contributed by atoms with Crippen LogP contribution in [0.15, 0.2) is 0 Å². The number of nitrogens with zero attached hydrogens (tertiary/aromatic N) is 1. The molecule has 4 nitrogen and oxygen atoms in total. The normalized spacial score (nSPS) is 40.1. The number of rotatable bonds is 2. The van der Waals surface area contributed by atoms with E-state index in [-0.39, 0.29) is 5.92 Å². The van der Waals surface area contributed by atoms with Crippen LogP contribution in [0.25, 0.3) is 0 Å². The van der Waals surface area contributed by atoms with Gasteiger partial charge in [-0.2, -0.15) is 0 Å². The predicted molar refractivity (Wildman–Crippen MR) is 66.9 cm³/mol. The fraction of sp³-hybridized carbons (Fsp3) is 0.923. The zero-order valence-corrected chi connectivity index (χ0v) is 10.9. The molecule has 0 saturated carbocycles. The highest BCUT2D eigenvalue weighted by molar-refractivity contribution is 5.70. The molecule has 0 bridgehead atoms. The van der Waals surface area contributed by atoms with Gasteiger partial charge in [-0.15, -0.1) is 0 Å². The molecule has 2 aliphatic heterocycles. The van der Waals surface area contributed by atoms with Crippen LogP contribution < -0.4 is 5.32 Å². The average Bonchev–Trinajstić information content (AvgIpc) is 2.28. The van der Waals surface area contributed by atoms with Gasteiger partial charge in [-0.1, -0.05) is 13.8 Å². The molecule has 2 saturated heterocycles. The van der Waals surface area contributed by atoms with Crippen molar-refractivity contribution in [2.24, 2.45) is 17.8 Å². The van der Waals surface area contributed by atoms with E-state index in [2.05, 4.69) is 24.1 Å². The van der Waals surface area contributed by atoms with Gasteiger partial charge in [0.2, 0.25) is 0 Å². The summed E-state index contributed by atoms with van der Waals surface area (Å²) in [5, 5.41) is 12.4. The lowest BCUT2D eigenvalue weighted by atomic mass is 9.88. The quantitative estimate of drug-likeness (QED) is 0.757. The monoisotopic (exact) mass is 240 g/mol. The maximum Gasteiger partial charge on any atom is 0.307 e. The second-order valence-corrected chi connectivity index (χ2v) is 5.98. The zero-order valence-electron chi connectivity index (χ0n) is 10.9. The molecule has 4 atom stereocenters. The third kappa shape index (κ3) is 3.19. The highest BCUT2D eigenvalue weighted by atomic mass is 16.4. The first-order chi connectivity index (χ1) is 8.06. The molecule has 2 heterocycles. The second-order valence-electron chi connectivity index (χ2n) is 5.98. The molecule has 0 aromatic rings. The van der Waals surface area contributed by atoms with Crippen LogP contribution in [0.3, 0.4) is 0 Å². The van der Waals surface area contributed by atoms with Crippen molar-refractivity contribution in [3.05, 3.63) is 0 Å². The van der Waals surface area contributed by atoms with Crippen molar-refractivity contribution in [2.75, 3.05) is 26.2 Å². The molecule has 0 spiro atoms. The van der Waals surface area contributed by atoms with E-state index in [9.17, 15) is 4.79 Å². The summed E-state index contributed by atoms with van der Waals surface area (Å²) < 4.78 is 0. The molecule has 0 aromatic carbocycles. The van der Waals surface area contributed by atoms with E-state index in [1.54, 1.807) is 0 Å². The summed E-state index contributed by atoms with van der Waals surface area (Å²) in [7, 11) is 0. The van der Waals surface area contributed by atoms with Crippen molar-refractivity contribution in [3.8, 4) is 0 Å². The molecule has 2 aliphatic rings. The third-order valence-corrected chi connectivity index (χ3v) is 4.09. The van der Waals surface area contributed by atoms with Crippen molar-refractivity contribution < 1.29 is 9.90 Å². The molecule has 0 aliphatic carbocycles. The Hall–Kier alpha value is -0.610. The molecule has 2 rings (SSSR count). The number of nitrogens with one attached hydrogen (secondary N) is 1. The molecule has 98 valence electrons. The van der Waals surface area contributed by atoms with Gasteiger partial charge in [0.15, 0.2) is 0 Å². The van der Waals surface area contributed by atoms with Crippen molar-refractivity contribution >= 4 is 5.97 Å². The Balaban J connectivity index is 1.94. The summed E-state index contributed by atoms with van der Waals surface area (Å²) in [5.41, 5.74) is 0. The molecule has 2 fully saturated rings. The first-order valence-electron chi connectivity index (χ1n) is 6.73. The van der Waals surface area contributed by atoms with E-state index >= 15 is 0 Å². The van der Waals surface area contributed by atoms with Gasteiger partial charge < -0.3 is 10.4 Å². The highest BCUT2D eigenvalue weighted by Crippen LogP contribution is 2.25. The van der Waals surface area contributed by atoms with Crippen LogP contribution in [0.1, 0.15) is 26.7 Å². The highest BCUT2D eigenvalue weighted by Gasteiger charge is 2.33. The Bertz CT molecular complexity index is 273. The summed E-state index contributed by atoms with van der Waals surface area (Å²) in [6, 6.07) is 0.412. The molecular formula is C13H24N2O2. The molecule has 0 aromatic heterocycles. The van der Waals surface area contributed by atoms with Gasteiger partial charge in [0, 0.05) is 32.2 Å². The van der Waals surface area contributed by atoms with Crippen LogP contribution in [0.5, 0.6) is 0 Å². The minimum atomic E-state index is -0.652. The van der Waals surface area contributed by atoms with Crippen LogP contribution in [-0.4, -0.2) is 48.2 Å². The van der Waals surface area contributed by atoms with Crippen molar-refractivity contribution in [3.63, 3.8) is 0 Å². The van der Waals surface area contributed by atoms with Gasteiger partial charge in [0.05, 0.1) is 5.92 Å². The molecule has 4 heteroatoms. The van der Waals surface area contributed by atoms with E-state index in [0.717, 1.165) is 37.9 Å². The van der Waals surface area contributed by atoms with E-state index in [4.69, 9.17) is 5.11 Å². The number of piperidine rings is 2. The SMILES string of the molecule is C[C@@H]1C[C@H](C)CN([C@H]2CNC[C@@H](C(=O)O)C2)C1. The number of likely N-dealkylation sites (tertiary alicyclic amines) is 1. The van der Waals surface area contributed by atoms with Crippen molar-refractivity contribution in [2.45, 2.75) is 32.7 Å². The van der Waals surface area contributed by atoms with Crippen LogP contribution in [0, 0.1) is 17.8 Å². The maximum atomic E-state index is 11.1. The lowest BCUT2D eigenvalue weighted by Gasteiger charge is -2.42. The summed E-state index contributed by atoms with van der Waals surface area (Å²) in [5.74, 6) is 0.620. The van der Waals surface area contributed by atoms with Gasteiger partial charge in [0.25, 0.3) is 0 Å². The number of hydrogen-bond donors (Lipinski definition) is 2. The smallest absolute Gasteiger partial charge is 0.307 e. The number of carboxylic acid groups (broad SMARTS) is 1. The lowest BCUT2D eigenvalue weighted by molar-refractivity contribution is -0.143. The molecule has 0 radical (unpaired) electrons. The summed E-state index contributed by atoms with van der Waals surface area (Å²) in [6.45, 7) is 8.43. The molecular weight excluding hydrogens is 216 g/mol. The minimum absolute atomic E-state index is 0.207. The second kappa shape index (κ2) is 5.36. The van der Waals surface area contributed by atoms with E-state index in [1.807, 2.05) is 0 Å². The standard InChI is InChI=1S/C13H24N2O2/c1-9-3-10(2)8-15(7-9)12-4-11(13(16)17)5-14-6-12/h9-12,14H,3-8H2,1-2H3,(H,16,17)/t9-,10+,11-,12+/m0/s1. The maximum absolute atomic E-state index is 11.1. The van der Waals surface area contributed by atoms with E-state index < -0.39 is 5.97 Å². The Kier molecular flexibility index (Phi) is 4.05. The summed E-state index contributed by atoms with van der Waals surface area (Å²) in [6.07, 6.45) is 2.11. The van der Waals surface area contributed by atoms with Gasteiger partial charge in [-0.05, 0) is 24.7 Å². The van der Waals surface area contributed by atoms with Crippen LogP contribution in [0.4, 0.5) is 0 Å². The Morgan fingerprint density at radius 1 is 1.18 bits per heavy atom. The largest absolute Gasteiger partial charge is 0.481 e. The molecule has 0 amide bonds. The topological polar surface area (TPSA) is 52.6 Å². The van der Waals surface area contributed by atoms with E-state index in [1.165, 1.54) is 6.42 Å². The Morgan fingerprint density at radius 3 is 2.41 bits per heavy atom. The Labute approximate surface area is 103 Å².